The van der Waals surface area contributed by atoms with Crippen LogP contribution < -0.4 is 5.32 Å². The second-order valence-corrected chi connectivity index (χ2v) is 7.63. The van der Waals surface area contributed by atoms with Gasteiger partial charge in [-0.3, -0.25) is 19.2 Å². The molecular formula is C21H28ClN3O5. The van der Waals surface area contributed by atoms with E-state index in [9.17, 15) is 19.2 Å². The monoisotopic (exact) mass is 437 g/mol. The highest BCUT2D eigenvalue weighted by molar-refractivity contribution is 6.30. The molecule has 3 amide bonds. The van der Waals surface area contributed by atoms with Gasteiger partial charge in [-0.2, -0.15) is 0 Å². The molecule has 1 aliphatic heterocycles. The molecule has 0 spiro atoms. The number of ether oxygens (including phenoxy) is 1. The number of esters is 1. The number of hydrogen-bond donors (Lipinski definition) is 1. The van der Waals surface area contributed by atoms with Gasteiger partial charge in [0.05, 0.1) is 19.1 Å². The minimum atomic E-state index is -0.313. The number of amides is 3. The topological polar surface area (TPSA) is 96.0 Å². The maximum atomic E-state index is 12.5. The second kappa shape index (κ2) is 11.5. The Morgan fingerprint density at radius 2 is 1.93 bits per heavy atom. The fourth-order valence-electron chi connectivity index (χ4n) is 3.22. The third kappa shape index (κ3) is 7.02. The number of halogens is 1. The number of likely N-dealkylation sites (N-methyl/N-ethyl adjacent to an activating group) is 1. The summed E-state index contributed by atoms with van der Waals surface area (Å²) in [6.07, 6.45) is 1.50. The summed E-state index contributed by atoms with van der Waals surface area (Å²) < 4.78 is 5.05. The molecule has 1 saturated heterocycles. The van der Waals surface area contributed by atoms with E-state index in [1.54, 1.807) is 43.1 Å². The number of carbonyl (C=O) groups excluding carboxylic acids is 4. The number of nitrogens with zero attached hydrogens (tertiary/aromatic N) is 2. The van der Waals surface area contributed by atoms with Gasteiger partial charge in [-0.15, -0.1) is 0 Å². The number of rotatable bonds is 8. The number of likely N-dealkylation sites (tertiary alicyclic amines) is 1. The van der Waals surface area contributed by atoms with Gasteiger partial charge in [-0.05, 0) is 44.0 Å². The van der Waals surface area contributed by atoms with E-state index >= 15 is 0 Å². The van der Waals surface area contributed by atoms with Crippen LogP contribution in [0.4, 0.5) is 0 Å². The van der Waals surface area contributed by atoms with Crippen LogP contribution in [0.5, 0.6) is 0 Å². The molecule has 1 aliphatic rings. The molecule has 1 aromatic carbocycles. The molecule has 1 heterocycles. The summed E-state index contributed by atoms with van der Waals surface area (Å²) in [5.41, 5.74) is 0.455. The lowest BCUT2D eigenvalue weighted by Crippen LogP contribution is -2.47. The Balaban J connectivity index is 1.75. The molecule has 0 saturated carbocycles. The molecule has 30 heavy (non-hydrogen) atoms. The van der Waals surface area contributed by atoms with E-state index in [0.29, 0.717) is 36.7 Å². The first kappa shape index (κ1) is 23.7. The van der Waals surface area contributed by atoms with Crippen LogP contribution in [0.15, 0.2) is 24.3 Å². The number of piperidine rings is 1. The quantitative estimate of drug-likeness (QED) is 0.625. The van der Waals surface area contributed by atoms with Gasteiger partial charge in [-0.1, -0.05) is 11.6 Å². The average molecular weight is 438 g/mol. The van der Waals surface area contributed by atoms with Crippen molar-refractivity contribution < 1.29 is 23.9 Å². The molecule has 0 radical (unpaired) electrons. The summed E-state index contributed by atoms with van der Waals surface area (Å²) in [6, 6.07) is 6.45. The summed E-state index contributed by atoms with van der Waals surface area (Å²) in [7, 11) is 1.55. The van der Waals surface area contributed by atoms with Gasteiger partial charge in [0.15, 0.2) is 0 Å². The van der Waals surface area contributed by atoms with E-state index < -0.39 is 0 Å². The van der Waals surface area contributed by atoms with Crippen molar-refractivity contribution in [3.8, 4) is 0 Å². The van der Waals surface area contributed by atoms with Crippen LogP contribution in [0.25, 0.3) is 0 Å². The Hall–Kier alpha value is -2.61. The van der Waals surface area contributed by atoms with Gasteiger partial charge in [0.25, 0.3) is 5.91 Å². The first-order valence-corrected chi connectivity index (χ1v) is 10.4. The minimum absolute atomic E-state index is 0.0699. The lowest BCUT2D eigenvalue weighted by atomic mass is 9.98. The van der Waals surface area contributed by atoms with Crippen molar-refractivity contribution in [1.82, 2.24) is 15.1 Å². The van der Waals surface area contributed by atoms with Crippen molar-refractivity contribution >= 4 is 35.3 Å². The van der Waals surface area contributed by atoms with E-state index in [-0.39, 0.29) is 49.1 Å². The van der Waals surface area contributed by atoms with Crippen molar-refractivity contribution in [3.63, 3.8) is 0 Å². The fraction of sp³-hybridized carbons (Fsp3) is 0.524. The van der Waals surface area contributed by atoms with Gasteiger partial charge in [0.2, 0.25) is 11.8 Å². The Bertz CT molecular complexity index is 768. The highest BCUT2D eigenvalue weighted by atomic mass is 35.5. The summed E-state index contributed by atoms with van der Waals surface area (Å²) >= 11 is 5.80. The van der Waals surface area contributed by atoms with Crippen LogP contribution in [0.2, 0.25) is 5.02 Å². The molecule has 8 nitrogen and oxygen atoms in total. The zero-order chi connectivity index (χ0) is 22.1. The molecule has 0 aliphatic carbocycles. The van der Waals surface area contributed by atoms with Crippen LogP contribution in [0.1, 0.15) is 36.5 Å². The lowest BCUT2D eigenvalue weighted by molar-refractivity contribution is -0.152. The summed E-state index contributed by atoms with van der Waals surface area (Å²) in [6.45, 7) is 3.04. The number of carbonyl (C=O) groups is 4. The molecular weight excluding hydrogens is 410 g/mol. The average Bonchev–Trinajstić information content (AvgIpc) is 2.74. The molecule has 2 rings (SSSR count). The van der Waals surface area contributed by atoms with E-state index in [1.165, 1.54) is 4.90 Å². The minimum Gasteiger partial charge on any atom is -0.466 e. The van der Waals surface area contributed by atoms with Gasteiger partial charge < -0.3 is 19.9 Å². The molecule has 1 atom stereocenters. The molecule has 1 N–H and O–H groups in total. The number of nitrogens with one attached hydrogen (secondary N) is 1. The zero-order valence-corrected chi connectivity index (χ0v) is 18.1. The Labute approximate surface area is 181 Å². The van der Waals surface area contributed by atoms with Gasteiger partial charge in [0.1, 0.15) is 0 Å². The third-order valence-electron chi connectivity index (χ3n) is 4.92. The van der Waals surface area contributed by atoms with Crippen LogP contribution in [0, 0.1) is 5.92 Å². The number of hydrogen-bond acceptors (Lipinski definition) is 5. The van der Waals surface area contributed by atoms with Crippen LogP contribution in [-0.2, 0) is 19.1 Å². The summed E-state index contributed by atoms with van der Waals surface area (Å²) in [4.78, 5) is 51.7. The highest BCUT2D eigenvalue weighted by Gasteiger charge is 2.30. The van der Waals surface area contributed by atoms with E-state index in [2.05, 4.69) is 5.32 Å². The fourth-order valence-corrected chi connectivity index (χ4v) is 3.35. The van der Waals surface area contributed by atoms with E-state index in [0.717, 1.165) is 6.42 Å². The number of benzene rings is 1. The second-order valence-electron chi connectivity index (χ2n) is 7.19. The SMILES string of the molecule is CCOC(=O)C1CCCN(C(=O)CN(C)C(=O)CCNC(=O)c2ccc(Cl)cc2)C1. The third-order valence-corrected chi connectivity index (χ3v) is 5.18. The molecule has 1 fully saturated rings. The van der Waals surface area contributed by atoms with E-state index in [1.807, 2.05) is 0 Å². The van der Waals surface area contributed by atoms with Crippen molar-refractivity contribution in [2.75, 3.05) is 39.8 Å². The van der Waals surface area contributed by atoms with Gasteiger partial charge in [-0.25, -0.2) is 0 Å². The van der Waals surface area contributed by atoms with Gasteiger partial charge >= 0.3 is 5.97 Å². The molecule has 9 heteroatoms. The molecule has 0 aromatic heterocycles. The lowest BCUT2D eigenvalue weighted by Gasteiger charge is -2.32. The first-order valence-electron chi connectivity index (χ1n) is 10.0. The van der Waals surface area contributed by atoms with Crippen molar-refractivity contribution in [2.45, 2.75) is 26.2 Å². The Morgan fingerprint density at radius 3 is 2.60 bits per heavy atom. The standard InChI is InChI=1S/C21H28ClN3O5/c1-3-30-21(29)16-5-4-12-25(13-16)19(27)14-24(2)18(26)10-11-23-20(28)15-6-8-17(22)9-7-15/h6-9,16H,3-5,10-14H2,1-2H3,(H,23,28). The first-order chi connectivity index (χ1) is 14.3. The summed E-state index contributed by atoms with van der Waals surface area (Å²) in [5, 5.41) is 3.21. The normalized spacial score (nSPS) is 16.0. The molecule has 1 aromatic rings. The highest BCUT2D eigenvalue weighted by Crippen LogP contribution is 2.18. The zero-order valence-electron chi connectivity index (χ0n) is 17.4. The van der Waals surface area contributed by atoms with Crippen molar-refractivity contribution in [2.24, 2.45) is 5.92 Å². The Kier molecular flexibility index (Phi) is 9.11. The molecule has 1 unspecified atom stereocenters. The molecule has 164 valence electrons. The van der Waals surface area contributed by atoms with Crippen LogP contribution >= 0.6 is 11.6 Å². The largest absolute Gasteiger partial charge is 0.466 e. The predicted octanol–water partition coefficient (Wildman–Crippen LogP) is 1.72. The maximum absolute atomic E-state index is 12.5. The van der Waals surface area contributed by atoms with E-state index in [4.69, 9.17) is 16.3 Å². The van der Waals surface area contributed by atoms with Crippen molar-refractivity contribution in [3.05, 3.63) is 34.9 Å². The molecule has 0 bridgehead atoms. The predicted molar refractivity (Wildman–Crippen MR) is 112 cm³/mol. The van der Waals surface area contributed by atoms with Gasteiger partial charge in [0, 0.05) is 43.7 Å². The summed E-state index contributed by atoms with van der Waals surface area (Å²) in [5.74, 6) is -1.34. The van der Waals surface area contributed by atoms with Crippen LogP contribution in [0.3, 0.4) is 0 Å². The van der Waals surface area contributed by atoms with Crippen molar-refractivity contribution in [1.29, 1.82) is 0 Å². The Morgan fingerprint density at radius 1 is 1.23 bits per heavy atom. The smallest absolute Gasteiger partial charge is 0.310 e. The maximum Gasteiger partial charge on any atom is 0.310 e. The van der Waals surface area contributed by atoms with Crippen LogP contribution in [-0.4, -0.2) is 73.3 Å².